The number of pyridine rings is 2. The molecule has 136 valence electrons. The number of nitrogens with zero attached hydrogens (tertiary/aromatic N) is 3. The van der Waals surface area contributed by atoms with E-state index in [1.807, 2.05) is 6.07 Å². The van der Waals surface area contributed by atoms with Crippen LogP contribution in [0, 0.1) is 6.92 Å². The van der Waals surface area contributed by atoms with Crippen LogP contribution in [-0.4, -0.2) is 46.5 Å². The van der Waals surface area contributed by atoms with Crippen LogP contribution in [0.25, 0.3) is 0 Å². The van der Waals surface area contributed by atoms with Gasteiger partial charge in [0, 0.05) is 37.5 Å². The Morgan fingerprint density at radius 1 is 1.23 bits per heavy atom. The second-order valence-corrected chi connectivity index (χ2v) is 6.27. The van der Waals surface area contributed by atoms with Crippen molar-refractivity contribution in [2.45, 2.75) is 26.3 Å². The Morgan fingerprint density at radius 2 is 2.00 bits per heavy atom. The average Bonchev–Trinajstić information content (AvgIpc) is 2.84. The fourth-order valence-electron chi connectivity index (χ4n) is 3.14. The van der Waals surface area contributed by atoms with E-state index in [4.69, 9.17) is 4.74 Å². The number of rotatable bonds is 3. The van der Waals surface area contributed by atoms with E-state index in [0.29, 0.717) is 37.2 Å². The lowest BCUT2D eigenvalue weighted by Gasteiger charge is -2.20. The van der Waals surface area contributed by atoms with E-state index in [9.17, 15) is 14.4 Å². The van der Waals surface area contributed by atoms with Gasteiger partial charge in [-0.15, -0.1) is 0 Å². The zero-order valence-electron chi connectivity index (χ0n) is 14.9. The Morgan fingerprint density at radius 3 is 2.73 bits per heavy atom. The quantitative estimate of drug-likeness (QED) is 0.766. The fourth-order valence-corrected chi connectivity index (χ4v) is 3.14. The minimum atomic E-state index is -0.404. The molecule has 0 N–H and O–H groups in total. The van der Waals surface area contributed by atoms with E-state index in [-0.39, 0.29) is 18.0 Å². The van der Waals surface area contributed by atoms with Crippen LogP contribution in [0.15, 0.2) is 35.3 Å². The summed E-state index contributed by atoms with van der Waals surface area (Å²) in [5, 5.41) is 0. The average molecular weight is 355 g/mol. The lowest BCUT2D eigenvalue weighted by atomic mass is 10.0. The van der Waals surface area contributed by atoms with Crippen molar-refractivity contribution in [3.05, 3.63) is 63.3 Å². The molecule has 2 aromatic rings. The summed E-state index contributed by atoms with van der Waals surface area (Å²) in [6.07, 6.45) is 2.84. The zero-order chi connectivity index (χ0) is 18.7. The van der Waals surface area contributed by atoms with Crippen molar-refractivity contribution in [3.63, 3.8) is 0 Å². The summed E-state index contributed by atoms with van der Waals surface area (Å²) >= 11 is 0. The Bertz CT molecular complexity index is 904. The molecule has 1 aliphatic rings. The van der Waals surface area contributed by atoms with E-state index in [1.165, 1.54) is 17.7 Å². The molecule has 2 aromatic heterocycles. The van der Waals surface area contributed by atoms with E-state index in [0.717, 1.165) is 11.3 Å². The van der Waals surface area contributed by atoms with E-state index in [1.54, 1.807) is 30.2 Å². The summed E-state index contributed by atoms with van der Waals surface area (Å²) in [4.78, 5) is 42.5. The van der Waals surface area contributed by atoms with Gasteiger partial charge in [0.1, 0.15) is 6.54 Å². The van der Waals surface area contributed by atoms with Gasteiger partial charge in [0.2, 0.25) is 5.91 Å². The molecule has 0 saturated heterocycles. The predicted octanol–water partition coefficient (Wildman–Crippen LogP) is 0.966. The molecule has 0 fully saturated rings. The molecule has 0 aliphatic carbocycles. The number of aryl methyl sites for hydroxylation is 1. The van der Waals surface area contributed by atoms with Gasteiger partial charge in [-0.3, -0.25) is 14.6 Å². The van der Waals surface area contributed by atoms with Crippen LogP contribution in [-0.2, 0) is 28.9 Å². The van der Waals surface area contributed by atoms with E-state index < -0.39 is 5.97 Å². The standard InChI is InChI=1S/C19H21N3O4/c1-13-15(19(25)26-2)11-14-6-9-21(10-7-16(14)20-13)18(24)12-22-8-4-3-5-17(22)23/h3-5,8,11H,6-7,9-10,12H2,1-2H3. The van der Waals surface area contributed by atoms with Crippen LogP contribution in [0.2, 0.25) is 0 Å². The maximum atomic E-state index is 12.6. The van der Waals surface area contributed by atoms with Crippen molar-refractivity contribution in [2.24, 2.45) is 0 Å². The van der Waals surface area contributed by atoms with E-state index >= 15 is 0 Å². The van der Waals surface area contributed by atoms with Crippen LogP contribution in [0.1, 0.15) is 27.3 Å². The Labute approximate surface area is 151 Å². The zero-order valence-corrected chi connectivity index (χ0v) is 14.9. The first-order chi connectivity index (χ1) is 12.5. The third kappa shape index (κ3) is 3.66. The number of hydrogen-bond donors (Lipinski definition) is 0. The first-order valence-corrected chi connectivity index (χ1v) is 8.50. The molecular weight excluding hydrogens is 334 g/mol. The summed E-state index contributed by atoms with van der Waals surface area (Å²) in [7, 11) is 1.35. The summed E-state index contributed by atoms with van der Waals surface area (Å²) in [6.45, 7) is 2.87. The molecule has 0 atom stereocenters. The van der Waals surface area contributed by atoms with Crippen LogP contribution in [0.4, 0.5) is 0 Å². The number of fused-ring (bicyclic) bond motifs is 1. The maximum Gasteiger partial charge on any atom is 0.339 e. The molecule has 0 aromatic carbocycles. The molecular formula is C19H21N3O4. The molecule has 3 heterocycles. The lowest BCUT2D eigenvalue weighted by Crippen LogP contribution is -2.37. The highest BCUT2D eigenvalue weighted by molar-refractivity contribution is 5.90. The van der Waals surface area contributed by atoms with Crippen LogP contribution >= 0.6 is 0 Å². The molecule has 0 saturated carbocycles. The van der Waals surface area contributed by atoms with Gasteiger partial charge in [0.25, 0.3) is 5.56 Å². The topological polar surface area (TPSA) is 81.5 Å². The predicted molar refractivity (Wildman–Crippen MR) is 95.0 cm³/mol. The smallest absolute Gasteiger partial charge is 0.339 e. The van der Waals surface area contributed by atoms with Crippen molar-refractivity contribution < 1.29 is 14.3 Å². The van der Waals surface area contributed by atoms with Crippen molar-refractivity contribution in [2.75, 3.05) is 20.2 Å². The van der Waals surface area contributed by atoms with Gasteiger partial charge in [-0.1, -0.05) is 6.07 Å². The molecule has 7 nitrogen and oxygen atoms in total. The molecule has 0 bridgehead atoms. The van der Waals surface area contributed by atoms with Gasteiger partial charge in [0.15, 0.2) is 0 Å². The molecule has 0 spiro atoms. The van der Waals surface area contributed by atoms with Crippen LogP contribution in [0.3, 0.4) is 0 Å². The van der Waals surface area contributed by atoms with Crippen LogP contribution in [0.5, 0.6) is 0 Å². The Balaban J connectivity index is 1.75. The number of carbonyl (C=O) groups excluding carboxylic acids is 2. The SMILES string of the molecule is COC(=O)c1cc2c(nc1C)CCN(C(=O)Cn1ccccc1=O)CC2. The summed E-state index contributed by atoms with van der Waals surface area (Å²) in [6, 6.07) is 6.64. The molecule has 26 heavy (non-hydrogen) atoms. The second kappa shape index (κ2) is 7.51. The second-order valence-electron chi connectivity index (χ2n) is 6.27. The third-order valence-electron chi connectivity index (χ3n) is 4.61. The number of amides is 1. The molecule has 0 radical (unpaired) electrons. The van der Waals surface area contributed by atoms with Gasteiger partial charge < -0.3 is 14.2 Å². The van der Waals surface area contributed by atoms with Gasteiger partial charge in [-0.25, -0.2) is 4.79 Å². The number of methoxy groups -OCH3 is 1. The normalized spacial score (nSPS) is 13.7. The number of esters is 1. The lowest BCUT2D eigenvalue weighted by molar-refractivity contribution is -0.131. The molecule has 3 rings (SSSR count). The van der Waals surface area contributed by atoms with Gasteiger partial charge >= 0.3 is 5.97 Å². The minimum absolute atomic E-state index is 0.0237. The van der Waals surface area contributed by atoms with Crippen molar-refractivity contribution in [3.8, 4) is 0 Å². The number of carbonyl (C=O) groups is 2. The first kappa shape index (κ1) is 17.8. The summed E-state index contributed by atoms with van der Waals surface area (Å²) in [5.74, 6) is -0.505. The number of hydrogen-bond acceptors (Lipinski definition) is 5. The largest absolute Gasteiger partial charge is 0.465 e. The molecule has 0 unspecified atom stereocenters. The monoisotopic (exact) mass is 355 g/mol. The number of aromatic nitrogens is 2. The fraction of sp³-hybridized carbons (Fsp3) is 0.368. The van der Waals surface area contributed by atoms with Crippen LogP contribution < -0.4 is 5.56 Å². The van der Waals surface area contributed by atoms with Gasteiger partial charge in [-0.05, 0) is 31.0 Å². The van der Waals surface area contributed by atoms with E-state index in [2.05, 4.69) is 4.98 Å². The molecule has 7 heteroatoms. The Hall–Kier alpha value is -2.96. The maximum absolute atomic E-state index is 12.6. The number of ether oxygens (including phenoxy) is 1. The van der Waals surface area contributed by atoms with Crippen molar-refractivity contribution in [1.82, 2.24) is 14.5 Å². The van der Waals surface area contributed by atoms with Crippen molar-refractivity contribution >= 4 is 11.9 Å². The highest BCUT2D eigenvalue weighted by atomic mass is 16.5. The molecule has 1 amide bonds. The molecule has 1 aliphatic heterocycles. The third-order valence-corrected chi connectivity index (χ3v) is 4.61. The minimum Gasteiger partial charge on any atom is -0.465 e. The highest BCUT2D eigenvalue weighted by Crippen LogP contribution is 2.19. The summed E-state index contributed by atoms with van der Waals surface area (Å²) in [5.41, 5.74) is 2.76. The summed E-state index contributed by atoms with van der Waals surface area (Å²) < 4.78 is 6.20. The van der Waals surface area contributed by atoms with Crippen molar-refractivity contribution in [1.29, 1.82) is 0 Å². The highest BCUT2D eigenvalue weighted by Gasteiger charge is 2.22. The first-order valence-electron chi connectivity index (χ1n) is 8.50. The Kier molecular flexibility index (Phi) is 5.16. The van der Waals surface area contributed by atoms with Gasteiger partial charge in [0.05, 0.1) is 18.4 Å². The van der Waals surface area contributed by atoms with Gasteiger partial charge in [-0.2, -0.15) is 0 Å².